The van der Waals surface area contributed by atoms with Crippen molar-refractivity contribution >= 4 is 35.2 Å². The highest BCUT2D eigenvalue weighted by atomic mass is 16.7. The predicted octanol–water partition coefficient (Wildman–Crippen LogP) is 6.05. The maximum absolute atomic E-state index is 14.6. The molecule has 0 saturated heterocycles. The van der Waals surface area contributed by atoms with E-state index in [0.717, 1.165) is 25.3 Å². The summed E-state index contributed by atoms with van der Waals surface area (Å²) in [6, 6.07) is 0. The zero-order valence-corrected chi connectivity index (χ0v) is 36.9. The molecule has 9 atom stereocenters. The predicted molar refractivity (Wildman–Crippen MR) is 224 cm³/mol. The van der Waals surface area contributed by atoms with Crippen molar-refractivity contribution in [2.75, 3.05) is 7.11 Å². The molecule has 9 rings (SSSR count). The molecule has 9 bridgehead atoms. The summed E-state index contributed by atoms with van der Waals surface area (Å²) < 4.78 is 30.2. The maximum atomic E-state index is 14.6. The molecule has 0 unspecified atom stereocenters. The zero-order chi connectivity index (χ0) is 45.2. The van der Waals surface area contributed by atoms with E-state index in [0.29, 0.717) is 37.0 Å². The Bertz CT molecular complexity index is 2160. The van der Waals surface area contributed by atoms with E-state index in [1.165, 1.54) is 46.3 Å². The van der Waals surface area contributed by atoms with Gasteiger partial charge in [-0.15, -0.1) is 0 Å². The number of esters is 2. The van der Waals surface area contributed by atoms with Crippen molar-refractivity contribution in [3.05, 3.63) is 70.2 Å². The number of Topliss-reactive ketones (excluding diaryl/α,β-unsaturated/α-hetero) is 2. The Balaban J connectivity index is 1.32. The van der Waals surface area contributed by atoms with E-state index in [1.54, 1.807) is 46.8 Å². The minimum atomic E-state index is -2.08. The first-order valence-corrected chi connectivity index (χ1v) is 21.7. The van der Waals surface area contributed by atoms with Gasteiger partial charge < -0.3 is 39.2 Å². The molecule has 334 valence electrons. The van der Waals surface area contributed by atoms with Crippen LogP contribution in [0.2, 0.25) is 0 Å². The van der Waals surface area contributed by atoms with Gasteiger partial charge in [0.25, 0.3) is 11.7 Å². The SMILES string of the molecule is CO[C@H]1C=CO[C@@]2(C)Oc3c(C)c(OC(=O)C45CC6CC(CC(C6)C4)C5)c4c(c3C2=O)C(=O)C=C(NC(=O)C(C)=CC=C[C@H](C)[C@H](O)[C@@H](C)[C@H](O)[C@H](C)[C@H](OC(C)=O)[C@@H]1C)C4=O. The summed E-state index contributed by atoms with van der Waals surface area (Å²) in [7, 11) is 1.44. The van der Waals surface area contributed by atoms with Gasteiger partial charge in [0.15, 0.2) is 5.78 Å². The Kier molecular flexibility index (Phi) is 12.4. The van der Waals surface area contributed by atoms with Crippen molar-refractivity contribution in [3.63, 3.8) is 0 Å². The Morgan fingerprint density at radius 1 is 0.855 bits per heavy atom. The van der Waals surface area contributed by atoms with Crippen LogP contribution in [-0.4, -0.2) is 82.7 Å². The summed E-state index contributed by atoms with van der Waals surface area (Å²) in [5.74, 6) is -7.86. The van der Waals surface area contributed by atoms with Crippen molar-refractivity contribution in [1.29, 1.82) is 0 Å². The number of hydrogen-bond donors (Lipinski definition) is 3. The van der Waals surface area contributed by atoms with Crippen molar-refractivity contribution in [2.45, 2.75) is 124 Å². The van der Waals surface area contributed by atoms with E-state index in [9.17, 15) is 39.0 Å². The number of aliphatic hydroxyl groups excluding tert-OH is 2. The van der Waals surface area contributed by atoms with E-state index in [-0.39, 0.29) is 45.0 Å². The molecule has 3 heterocycles. The Labute approximate surface area is 362 Å². The summed E-state index contributed by atoms with van der Waals surface area (Å²) in [5, 5.41) is 25.4. The second-order valence-electron chi connectivity index (χ2n) is 19.0. The minimum absolute atomic E-state index is 0.0870. The number of carbonyl (C=O) groups excluding carboxylic acids is 6. The maximum Gasteiger partial charge on any atom is 0.317 e. The van der Waals surface area contributed by atoms with Crippen LogP contribution in [0.3, 0.4) is 0 Å². The van der Waals surface area contributed by atoms with Gasteiger partial charge in [0, 0.05) is 61.8 Å². The molecule has 3 N–H and O–H groups in total. The quantitative estimate of drug-likeness (QED) is 0.234. The van der Waals surface area contributed by atoms with Crippen LogP contribution in [-0.2, 0) is 28.6 Å². The van der Waals surface area contributed by atoms with E-state index in [2.05, 4.69) is 5.32 Å². The van der Waals surface area contributed by atoms with Crippen LogP contribution in [0.15, 0.2) is 47.9 Å². The molecule has 62 heavy (non-hydrogen) atoms. The Morgan fingerprint density at radius 2 is 1.48 bits per heavy atom. The van der Waals surface area contributed by atoms with Crippen LogP contribution in [0.1, 0.15) is 124 Å². The average molecular weight is 858 g/mol. The number of rotatable bonds is 4. The first-order valence-electron chi connectivity index (χ1n) is 21.7. The smallest absolute Gasteiger partial charge is 0.317 e. The van der Waals surface area contributed by atoms with Crippen molar-refractivity contribution < 1.29 is 62.7 Å². The van der Waals surface area contributed by atoms with Gasteiger partial charge in [0.1, 0.15) is 17.6 Å². The summed E-state index contributed by atoms with van der Waals surface area (Å²) in [5.41, 5.74) is -1.71. The van der Waals surface area contributed by atoms with E-state index < -0.39 is 94.5 Å². The summed E-state index contributed by atoms with van der Waals surface area (Å²) in [4.78, 5) is 83.8. The average Bonchev–Trinajstić information content (AvgIpc) is 3.48. The summed E-state index contributed by atoms with van der Waals surface area (Å²) in [6.07, 6.45) is 9.69. The lowest BCUT2D eigenvalue weighted by Gasteiger charge is -2.55. The lowest BCUT2D eigenvalue weighted by Crippen LogP contribution is -2.51. The van der Waals surface area contributed by atoms with E-state index in [1.807, 2.05) is 0 Å². The fourth-order valence-electron chi connectivity index (χ4n) is 11.3. The molecule has 1 aromatic carbocycles. The van der Waals surface area contributed by atoms with Crippen LogP contribution in [0.5, 0.6) is 11.5 Å². The Hall–Kier alpha value is -4.92. The molecule has 5 aliphatic carbocycles. The topological polar surface area (TPSA) is 201 Å². The van der Waals surface area contributed by atoms with Crippen LogP contribution >= 0.6 is 0 Å². The lowest BCUT2D eigenvalue weighted by atomic mass is 9.49. The monoisotopic (exact) mass is 857 g/mol. The van der Waals surface area contributed by atoms with Crippen LogP contribution in [0.25, 0.3) is 0 Å². The first kappa shape index (κ1) is 45.1. The number of amides is 1. The third-order valence-electron chi connectivity index (χ3n) is 14.4. The van der Waals surface area contributed by atoms with Crippen molar-refractivity contribution in [1.82, 2.24) is 5.32 Å². The highest BCUT2D eigenvalue weighted by Gasteiger charge is 2.57. The molecule has 0 radical (unpaired) electrons. The van der Waals surface area contributed by atoms with Gasteiger partial charge in [-0.25, -0.2) is 0 Å². The van der Waals surface area contributed by atoms with Gasteiger partial charge in [0.2, 0.25) is 5.78 Å². The standard InChI is InChI=1S/C48H59NO13/c1-22-11-10-12-23(2)45(56)49-32-18-33(51)35-36(40(32)54)42(61-46(57)48-19-29-15-30(20-48)17-31(16-29)21-48)27(6)43-37(35)44(55)47(8,62-43)59-14-13-34(58-9)24(3)41(60-28(7)50)26(5)39(53)25(4)38(22)52/h10-14,18,22,24-26,29-31,34,38-39,41,52-53H,15-17,19-21H2,1-9H3,(H,49,56)/t22-,24+,25+,26-,29?,30?,31?,34-,38-,39-,41+,47-,48?/m0/s1. The van der Waals surface area contributed by atoms with E-state index >= 15 is 0 Å². The number of aliphatic hydroxyl groups is 2. The molecule has 14 nitrogen and oxygen atoms in total. The number of ether oxygens (including phenoxy) is 5. The van der Waals surface area contributed by atoms with Crippen LogP contribution in [0, 0.1) is 53.8 Å². The molecule has 3 aliphatic heterocycles. The second-order valence-corrected chi connectivity index (χ2v) is 19.0. The number of benzene rings is 1. The number of hydrogen-bond acceptors (Lipinski definition) is 13. The summed E-state index contributed by atoms with van der Waals surface area (Å²) >= 11 is 0. The largest absolute Gasteiger partial charge is 0.462 e. The third-order valence-corrected chi connectivity index (χ3v) is 14.4. The molecule has 8 aliphatic rings. The number of ketones is 3. The zero-order valence-electron chi connectivity index (χ0n) is 36.9. The molecule has 1 aromatic rings. The molecular formula is C48H59NO13. The van der Waals surface area contributed by atoms with Gasteiger partial charge in [-0.2, -0.15) is 0 Å². The van der Waals surface area contributed by atoms with E-state index in [4.69, 9.17) is 23.7 Å². The van der Waals surface area contributed by atoms with Gasteiger partial charge in [-0.3, -0.25) is 28.8 Å². The molecular weight excluding hydrogens is 799 g/mol. The van der Waals surface area contributed by atoms with Crippen LogP contribution in [0.4, 0.5) is 0 Å². The van der Waals surface area contributed by atoms with Gasteiger partial charge >= 0.3 is 17.7 Å². The highest BCUT2D eigenvalue weighted by molar-refractivity contribution is 6.31. The number of methoxy groups -OCH3 is 1. The number of allylic oxidation sites excluding steroid dienone is 4. The molecule has 4 saturated carbocycles. The van der Waals surface area contributed by atoms with Crippen molar-refractivity contribution in [2.24, 2.45) is 46.8 Å². The molecule has 0 spiro atoms. The molecule has 14 heteroatoms. The molecule has 1 amide bonds. The number of fused-ring (bicyclic) bond motifs is 14. The van der Waals surface area contributed by atoms with Gasteiger partial charge in [-0.1, -0.05) is 45.9 Å². The second kappa shape index (κ2) is 17.0. The normalized spacial score (nSPS) is 37.0. The van der Waals surface area contributed by atoms with Gasteiger partial charge in [0.05, 0.1) is 52.4 Å². The lowest BCUT2D eigenvalue weighted by molar-refractivity contribution is -0.162. The minimum Gasteiger partial charge on any atom is -0.462 e. The summed E-state index contributed by atoms with van der Waals surface area (Å²) in [6.45, 7) is 12.6. The highest BCUT2D eigenvalue weighted by Crippen LogP contribution is 2.61. The number of carbonyl (C=O) groups is 6. The van der Waals surface area contributed by atoms with Crippen LogP contribution < -0.4 is 14.8 Å². The first-order chi connectivity index (χ1) is 29.2. The third kappa shape index (κ3) is 7.98. The van der Waals surface area contributed by atoms with Gasteiger partial charge in [-0.05, 0) is 76.2 Å². The number of nitrogens with one attached hydrogen (secondary N) is 1. The molecule has 0 aromatic heterocycles. The fourth-order valence-corrected chi connectivity index (χ4v) is 11.3. The fraction of sp³-hybridized carbons (Fsp3) is 0.583. The Morgan fingerprint density at radius 3 is 2.08 bits per heavy atom. The molecule has 4 fully saturated rings. The van der Waals surface area contributed by atoms with Crippen molar-refractivity contribution in [3.8, 4) is 11.5 Å².